The number of hydrogen-bond acceptors (Lipinski definition) is 5. The summed E-state index contributed by atoms with van der Waals surface area (Å²) < 4.78 is 2.07. The van der Waals surface area contributed by atoms with Gasteiger partial charge in [0.15, 0.2) is 5.16 Å². The Bertz CT molecular complexity index is 650. The summed E-state index contributed by atoms with van der Waals surface area (Å²) in [7, 11) is 0. The lowest BCUT2D eigenvalue weighted by molar-refractivity contribution is -0.130. The molecule has 23 heavy (non-hydrogen) atoms. The molecular formula is C15H21N5O2S. The minimum absolute atomic E-state index is 0.186. The van der Waals surface area contributed by atoms with E-state index in [-0.39, 0.29) is 11.9 Å². The topological polar surface area (TPSA) is 80.1 Å². The summed E-state index contributed by atoms with van der Waals surface area (Å²) in [5.74, 6) is 1.94. The minimum atomic E-state index is -0.816. The molecule has 1 aliphatic carbocycles. The van der Waals surface area contributed by atoms with Gasteiger partial charge in [-0.1, -0.05) is 17.8 Å². The molecule has 1 saturated heterocycles. The van der Waals surface area contributed by atoms with Crippen LogP contribution >= 0.6 is 11.8 Å². The summed E-state index contributed by atoms with van der Waals surface area (Å²) >= 11 is 1.51. The lowest BCUT2D eigenvalue weighted by atomic mass is 10.1. The maximum Gasteiger partial charge on any atom is 0.325 e. The first-order chi connectivity index (χ1) is 10.9. The fourth-order valence-electron chi connectivity index (χ4n) is 2.60. The molecule has 1 aromatic heterocycles. The zero-order valence-corrected chi connectivity index (χ0v) is 14.2. The Morgan fingerprint density at radius 1 is 1.39 bits per heavy atom. The van der Waals surface area contributed by atoms with Crippen molar-refractivity contribution in [3.05, 3.63) is 18.5 Å². The molecule has 0 spiro atoms. The highest BCUT2D eigenvalue weighted by Gasteiger charge is 2.43. The molecule has 2 heterocycles. The zero-order valence-electron chi connectivity index (χ0n) is 13.4. The van der Waals surface area contributed by atoms with Gasteiger partial charge in [0.25, 0.3) is 5.91 Å². The third-order valence-corrected chi connectivity index (χ3v) is 4.94. The van der Waals surface area contributed by atoms with Gasteiger partial charge in [-0.15, -0.1) is 16.8 Å². The number of imide groups is 1. The molecule has 1 aliphatic heterocycles. The molecule has 0 aromatic carbocycles. The monoisotopic (exact) mass is 335 g/mol. The molecule has 0 unspecified atom stereocenters. The fourth-order valence-corrected chi connectivity index (χ4v) is 3.48. The molecule has 1 saturated carbocycles. The number of carbonyl (C=O) groups is 2. The van der Waals surface area contributed by atoms with Crippen LogP contribution in [0.2, 0.25) is 0 Å². The first-order valence-electron chi connectivity index (χ1n) is 7.75. The number of urea groups is 1. The Kier molecular flexibility index (Phi) is 4.18. The maximum atomic E-state index is 12.1. The molecule has 3 rings (SSSR count). The number of thioether (sulfide) groups is 1. The van der Waals surface area contributed by atoms with Crippen molar-refractivity contribution in [2.45, 2.75) is 49.8 Å². The number of allylic oxidation sites excluding steroid dienone is 1. The van der Waals surface area contributed by atoms with Gasteiger partial charge in [0.2, 0.25) is 0 Å². The Labute approximate surface area is 139 Å². The normalized spacial score (nSPS) is 20.0. The molecule has 2 fully saturated rings. The second-order valence-electron chi connectivity index (χ2n) is 6.37. The van der Waals surface area contributed by atoms with Crippen LogP contribution in [0.25, 0.3) is 0 Å². The Morgan fingerprint density at radius 3 is 2.70 bits per heavy atom. The average Bonchev–Trinajstić information content (AvgIpc) is 3.22. The molecule has 0 bridgehead atoms. The predicted molar refractivity (Wildman–Crippen MR) is 87.2 cm³/mol. The van der Waals surface area contributed by atoms with Crippen molar-refractivity contribution in [1.82, 2.24) is 25.0 Å². The second-order valence-corrected chi connectivity index (χ2v) is 7.44. The largest absolute Gasteiger partial charge is 0.325 e. The van der Waals surface area contributed by atoms with Gasteiger partial charge in [0.1, 0.15) is 11.4 Å². The third-order valence-electron chi connectivity index (χ3n) is 3.99. The first-order valence-corrected chi connectivity index (χ1v) is 8.73. The van der Waals surface area contributed by atoms with Crippen LogP contribution in [-0.4, -0.2) is 49.4 Å². The summed E-state index contributed by atoms with van der Waals surface area (Å²) in [6.45, 7) is 8.25. The van der Waals surface area contributed by atoms with Crippen LogP contribution in [0.3, 0.4) is 0 Å². The quantitative estimate of drug-likeness (QED) is 0.467. The van der Waals surface area contributed by atoms with Crippen LogP contribution in [0.15, 0.2) is 17.8 Å². The molecule has 0 radical (unpaired) electrons. The van der Waals surface area contributed by atoms with Crippen molar-refractivity contribution in [3.8, 4) is 0 Å². The van der Waals surface area contributed by atoms with Gasteiger partial charge >= 0.3 is 6.03 Å². The van der Waals surface area contributed by atoms with Crippen molar-refractivity contribution in [1.29, 1.82) is 0 Å². The van der Waals surface area contributed by atoms with Crippen LogP contribution < -0.4 is 5.32 Å². The van der Waals surface area contributed by atoms with E-state index in [0.29, 0.717) is 24.8 Å². The minimum Gasteiger partial charge on any atom is -0.324 e. The lowest BCUT2D eigenvalue weighted by Gasteiger charge is -2.15. The summed E-state index contributed by atoms with van der Waals surface area (Å²) in [6.07, 6.45) is 4.16. The van der Waals surface area contributed by atoms with E-state index in [1.807, 2.05) is 6.08 Å². The van der Waals surface area contributed by atoms with E-state index >= 15 is 0 Å². The van der Waals surface area contributed by atoms with Crippen LogP contribution in [0, 0.1) is 0 Å². The van der Waals surface area contributed by atoms with Crippen molar-refractivity contribution >= 4 is 23.7 Å². The number of rotatable bonds is 7. The van der Waals surface area contributed by atoms with Crippen LogP contribution in [-0.2, 0) is 11.3 Å². The van der Waals surface area contributed by atoms with E-state index in [1.54, 1.807) is 13.8 Å². The lowest BCUT2D eigenvalue weighted by Crippen LogP contribution is -2.40. The standard InChI is InChI=1S/C15H21N5O2S/c1-4-7-19-11(10-5-6-10)17-18-14(19)23-9-8-20-12(21)15(2,3)16-13(20)22/h4,10H,1,5-9H2,2-3H3,(H,16,22). The predicted octanol–water partition coefficient (Wildman–Crippen LogP) is 1.76. The highest BCUT2D eigenvalue weighted by molar-refractivity contribution is 7.99. The Balaban J connectivity index is 1.62. The van der Waals surface area contributed by atoms with E-state index in [0.717, 1.165) is 23.8 Å². The molecular weight excluding hydrogens is 314 g/mol. The van der Waals surface area contributed by atoms with Gasteiger partial charge in [-0.05, 0) is 26.7 Å². The number of carbonyl (C=O) groups excluding carboxylic acids is 2. The number of aromatic nitrogens is 3. The first kappa shape index (κ1) is 16.0. The van der Waals surface area contributed by atoms with E-state index in [2.05, 4.69) is 26.7 Å². The van der Waals surface area contributed by atoms with Gasteiger partial charge < -0.3 is 9.88 Å². The van der Waals surface area contributed by atoms with Crippen molar-refractivity contribution in [3.63, 3.8) is 0 Å². The van der Waals surface area contributed by atoms with E-state index in [1.165, 1.54) is 16.7 Å². The molecule has 1 aromatic rings. The van der Waals surface area contributed by atoms with Gasteiger partial charge in [-0.2, -0.15) is 0 Å². The van der Waals surface area contributed by atoms with Crippen molar-refractivity contribution < 1.29 is 9.59 Å². The molecule has 8 heteroatoms. The SMILES string of the molecule is C=CCn1c(SCCN2C(=O)NC(C)(C)C2=O)nnc1C1CC1. The molecule has 7 nitrogen and oxygen atoms in total. The number of hydrogen-bond donors (Lipinski definition) is 1. The number of amides is 3. The second kappa shape index (κ2) is 5.99. The van der Waals surface area contributed by atoms with Crippen molar-refractivity contribution in [2.75, 3.05) is 12.3 Å². The fraction of sp³-hybridized carbons (Fsp3) is 0.600. The smallest absolute Gasteiger partial charge is 0.324 e. The van der Waals surface area contributed by atoms with Gasteiger partial charge in [0, 0.05) is 24.8 Å². The average molecular weight is 335 g/mol. The molecule has 2 aliphatic rings. The van der Waals surface area contributed by atoms with Crippen LogP contribution in [0.5, 0.6) is 0 Å². The van der Waals surface area contributed by atoms with Crippen LogP contribution in [0.4, 0.5) is 4.79 Å². The summed E-state index contributed by atoms with van der Waals surface area (Å²) in [6, 6.07) is -0.327. The van der Waals surface area contributed by atoms with Crippen LogP contribution in [0.1, 0.15) is 38.4 Å². The molecule has 3 amide bonds. The van der Waals surface area contributed by atoms with Crippen molar-refractivity contribution in [2.24, 2.45) is 0 Å². The third kappa shape index (κ3) is 3.12. The zero-order chi connectivity index (χ0) is 16.6. The molecule has 1 N–H and O–H groups in total. The highest BCUT2D eigenvalue weighted by atomic mass is 32.2. The number of nitrogens with one attached hydrogen (secondary N) is 1. The molecule has 124 valence electrons. The molecule has 0 atom stereocenters. The summed E-state index contributed by atoms with van der Waals surface area (Å²) in [4.78, 5) is 25.3. The van der Waals surface area contributed by atoms with E-state index in [9.17, 15) is 9.59 Å². The summed E-state index contributed by atoms with van der Waals surface area (Å²) in [5, 5.41) is 12.0. The Hall–Kier alpha value is -1.83. The Morgan fingerprint density at radius 2 is 2.13 bits per heavy atom. The summed E-state index contributed by atoms with van der Waals surface area (Å²) in [5.41, 5.74) is -0.816. The van der Waals surface area contributed by atoms with E-state index < -0.39 is 5.54 Å². The van der Waals surface area contributed by atoms with E-state index in [4.69, 9.17) is 0 Å². The highest BCUT2D eigenvalue weighted by Crippen LogP contribution is 2.40. The maximum absolute atomic E-state index is 12.1. The van der Waals surface area contributed by atoms with Gasteiger partial charge in [-0.3, -0.25) is 9.69 Å². The number of nitrogens with zero attached hydrogens (tertiary/aromatic N) is 4. The van der Waals surface area contributed by atoms with Gasteiger partial charge in [0.05, 0.1) is 0 Å². The van der Waals surface area contributed by atoms with Gasteiger partial charge in [-0.25, -0.2) is 4.79 Å².